The monoisotopic (exact) mass is 502 g/mol. The number of hydroxylamine groups is 1. The van der Waals surface area contributed by atoms with Crippen molar-refractivity contribution in [2.24, 2.45) is 0 Å². The van der Waals surface area contributed by atoms with E-state index >= 15 is 0 Å². The van der Waals surface area contributed by atoms with Gasteiger partial charge in [0, 0.05) is 29.8 Å². The highest BCUT2D eigenvalue weighted by Crippen LogP contribution is 2.35. The van der Waals surface area contributed by atoms with Crippen LogP contribution in [-0.4, -0.2) is 29.7 Å². The van der Waals surface area contributed by atoms with E-state index in [4.69, 9.17) is 25.9 Å². The Kier molecular flexibility index (Phi) is 9.48. The minimum atomic E-state index is -0.492. The summed E-state index contributed by atoms with van der Waals surface area (Å²) in [6.45, 7) is 5.66. The predicted molar refractivity (Wildman–Crippen MR) is 133 cm³/mol. The van der Waals surface area contributed by atoms with Gasteiger partial charge in [-0.05, 0) is 43.5 Å². The van der Waals surface area contributed by atoms with E-state index < -0.39 is 11.8 Å². The summed E-state index contributed by atoms with van der Waals surface area (Å²) >= 11 is 5.90. The van der Waals surface area contributed by atoms with Gasteiger partial charge in [-0.1, -0.05) is 31.0 Å². The highest BCUT2D eigenvalue weighted by molar-refractivity contribution is 6.31. The van der Waals surface area contributed by atoms with Crippen LogP contribution in [0.5, 0.6) is 11.5 Å². The van der Waals surface area contributed by atoms with Gasteiger partial charge < -0.3 is 19.6 Å². The van der Waals surface area contributed by atoms with Gasteiger partial charge in [0.15, 0.2) is 11.5 Å². The number of unbranched alkanes of at least 4 members (excludes halogenated alkanes) is 3. The standard InChI is InChI=1S/C25H28ClFN4O4/c1-16(31-35-17(2)32)8-6-4-5-7-11-34-24-13-19-22(14-23(24)33-3)28-15-29-25(19)30-18-9-10-21(27)20(26)12-18/h9-10,12-15,31H,1,4-8,11H2,2-3H3,(H,28,29,30). The van der Waals surface area contributed by atoms with Crippen LogP contribution in [0.3, 0.4) is 0 Å². The molecule has 0 fully saturated rings. The molecule has 0 aliphatic carbocycles. The molecule has 10 heteroatoms. The molecular weight excluding hydrogens is 475 g/mol. The van der Waals surface area contributed by atoms with Crippen LogP contribution in [0.15, 0.2) is 48.9 Å². The van der Waals surface area contributed by atoms with Crippen LogP contribution in [0.2, 0.25) is 5.02 Å². The second-order valence-electron chi connectivity index (χ2n) is 7.81. The van der Waals surface area contributed by atoms with Crippen LogP contribution in [-0.2, 0) is 9.63 Å². The lowest BCUT2D eigenvalue weighted by Crippen LogP contribution is -2.16. The Labute approximate surface area is 208 Å². The summed E-state index contributed by atoms with van der Waals surface area (Å²) in [5.74, 6) is 0.789. The van der Waals surface area contributed by atoms with E-state index in [1.165, 1.54) is 25.4 Å². The normalized spacial score (nSPS) is 10.6. The number of carbonyl (C=O) groups is 1. The molecule has 0 spiro atoms. The fraction of sp³-hybridized carbons (Fsp3) is 0.320. The van der Waals surface area contributed by atoms with Gasteiger partial charge >= 0.3 is 5.97 Å². The summed E-state index contributed by atoms with van der Waals surface area (Å²) in [4.78, 5) is 24.1. The number of nitrogens with zero attached hydrogens (tertiary/aromatic N) is 2. The second-order valence-corrected chi connectivity index (χ2v) is 8.22. The van der Waals surface area contributed by atoms with Crippen molar-refractivity contribution in [3.05, 3.63) is 59.8 Å². The van der Waals surface area contributed by atoms with Gasteiger partial charge in [0.25, 0.3) is 0 Å². The minimum absolute atomic E-state index is 0.0176. The number of fused-ring (bicyclic) bond motifs is 1. The number of carbonyl (C=O) groups excluding carboxylic acids is 1. The van der Waals surface area contributed by atoms with Gasteiger partial charge in [-0.3, -0.25) is 4.79 Å². The number of nitrogens with one attached hydrogen (secondary N) is 2. The van der Waals surface area contributed by atoms with Crippen molar-refractivity contribution in [2.45, 2.75) is 39.0 Å². The number of allylic oxidation sites excluding steroid dienone is 1. The highest BCUT2D eigenvalue weighted by Gasteiger charge is 2.12. The van der Waals surface area contributed by atoms with E-state index in [-0.39, 0.29) is 5.02 Å². The summed E-state index contributed by atoms with van der Waals surface area (Å²) in [5.41, 5.74) is 4.48. The van der Waals surface area contributed by atoms with Gasteiger partial charge in [0.1, 0.15) is 18.0 Å². The van der Waals surface area contributed by atoms with E-state index in [9.17, 15) is 9.18 Å². The summed E-state index contributed by atoms with van der Waals surface area (Å²) in [5, 5.41) is 3.90. The first-order valence-electron chi connectivity index (χ1n) is 11.2. The average Bonchev–Trinajstić information content (AvgIpc) is 2.84. The third-order valence-corrected chi connectivity index (χ3v) is 5.36. The maximum Gasteiger partial charge on any atom is 0.329 e. The van der Waals surface area contributed by atoms with Crippen molar-refractivity contribution in [2.75, 3.05) is 19.0 Å². The lowest BCUT2D eigenvalue weighted by molar-refractivity contribution is -0.146. The smallest absolute Gasteiger partial charge is 0.329 e. The Morgan fingerprint density at radius 2 is 1.91 bits per heavy atom. The average molecular weight is 503 g/mol. The van der Waals surface area contributed by atoms with Gasteiger partial charge in [-0.15, -0.1) is 0 Å². The Bertz CT molecular complexity index is 1190. The summed E-state index contributed by atoms with van der Waals surface area (Å²) in [7, 11) is 1.58. The number of anilines is 2. The summed E-state index contributed by atoms with van der Waals surface area (Å²) < 4.78 is 25.0. The molecule has 3 aromatic rings. The quantitative estimate of drug-likeness (QED) is 0.214. The molecular formula is C25H28ClFN4O4. The lowest BCUT2D eigenvalue weighted by Gasteiger charge is -2.14. The van der Waals surface area contributed by atoms with Crippen LogP contribution in [0.25, 0.3) is 10.9 Å². The SMILES string of the molecule is C=C(CCCCCCOc1cc2c(Nc3ccc(F)c(Cl)c3)ncnc2cc1OC)NOC(C)=O. The molecule has 2 N–H and O–H groups in total. The van der Waals surface area contributed by atoms with Crippen molar-refractivity contribution in [1.29, 1.82) is 0 Å². The minimum Gasteiger partial charge on any atom is -0.493 e. The van der Waals surface area contributed by atoms with Crippen molar-refractivity contribution in [1.82, 2.24) is 15.4 Å². The fourth-order valence-electron chi connectivity index (χ4n) is 3.32. The molecule has 0 aliphatic heterocycles. The number of benzene rings is 2. The zero-order valence-corrected chi connectivity index (χ0v) is 20.5. The Hall–Kier alpha value is -3.59. The van der Waals surface area contributed by atoms with Gasteiger partial charge in [0.05, 0.1) is 24.3 Å². The Morgan fingerprint density at radius 3 is 2.66 bits per heavy atom. The van der Waals surface area contributed by atoms with Crippen LogP contribution in [0, 0.1) is 5.82 Å². The van der Waals surface area contributed by atoms with E-state index in [2.05, 4.69) is 27.3 Å². The van der Waals surface area contributed by atoms with E-state index in [1.807, 2.05) is 6.07 Å². The molecule has 0 bridgehead atoms. The molecule has 0 saturated carbocycles. The fourth-order valence-corrected chi connectivity index (χ4v) is 3.50. The first-order valence-corrected chi connectivity index (χ1v) is 11.5. The van der Waals surface area contributed by atoms with Crippen LogP contribution >= 0.6 is 11.6 Å². The van der Waals surface area contributed by atoms with Crippen LogP contribution in [0.1, 0.15) is 39.0 Å². The molecule has 2 aromatic carbocycles. The van der Waals surface area contributed by atoms with Gasteiger partial charge in [-0.25, -0.2) is 19.8 Å². The third-order valence-electron chi connectivity index (χ3n) is 5.07. The molecule has 0 saturated heterocycles. The molecule has 0 aliphatic rings. The lowest BCUT2D eigenvalue weighted by atomic mass is 10.1. The van der Waals surface area contributed by atoms with Gasteiger partial charge in [0.2, 0.25) is 0 Å². The number of rotatable bonds is 13. The van der Waals surface area contributed by atoms with Crippen molar-refractivity contribution in [3.8, 4) is 11.5 Å². The zero-order chi connectivity index (χ0) is 25.2. The molecule has 35 heavy (non-hydrogen) atoms. The van der Waals surface area contributed by atoms with E-state index in [1.54, 1.807) is 19.2 Å². The topological polar surface area (TPSA) is 94.6 Å². The molecule has 0 radical (unpaired) electrons. The van der Waals surface area contributed by atoms with E-state index in [0.717, 1.165) is 37.5 Å². The maximum absolute atomic E-state index is 13.5. The van der Waals surface area contributed by atoms with E-state index in [0.29, 0.717) is 40.8 Å². The maximum atomic E-state index is 13.5. The molecule has 186 valence electrons. The molecule has 8 nitrogen and oxygen atoms in total. The third kappa shape index (κ3) is 7.71. The summed E-state index contributed by atoms with van der Waals surface area (Å²) in [6.07, 6.45) is 5.90. The first-order chi connectivity index (χ1) is 16.9. The second kappa shape index (κ2) is 12.8. The molecule has 0 amide bonds. The van der Waals surface area contributed by atoms with Crippen LogP contribution in [0.4, 0.5) is 15.9 Å². The first kappa shape index (κ1) is 26.0. The largest absolute Gasteiger partial charge is 0.493 e. The molecule has 1 heterocycles. The van der Waals surface area contributed by atoms with Gasteiger partial charge in [-0.2, -0.15) is 0 Å². The Balaban J connectivity index is 1.58. The van der Waals surface area contributed by atoms with Crippen LogP contribution < -0.4 is 20.3 Å². The number of hydrogen-bond donors (Lipinski definition) is 2. The highest BCUT2D eigenvalue weighted by atomic mass is 35.5. The van der Waals surface area contributed by atoms with Crippen molar-refractivity contribution in [3.63, 3.8) is 0 Å². The van der Waals surface area contributed by atoms with Crippen molar-refractivity contribution < 1.29 is 23.5 Å². The molecule has 0 atom stereocenters. The molecule has 0 unspecified atom stereocenters. The Morgan fingerprint density at radius 1 is 1.11 bits per heavy atom. The molecule has 3 rings (SSSR count). The number of halogens is 2. The summed E-state index contributed by atoms with van der Waals surface area (Å²) in [6, 6.07) is 7.98. The predicted octanol–water partition coefficient (Wildman–Crippen LogP) is 6.09. The number of methoxy groups -OCH3 is 1. The number of hydrogen-bond acceptors (Lipinski definition) is 8. The molecule has 1 aromatic heterocycles. The number of aromatic nitrogens is 2. The number of ether oxygens (including phenoxy) is 2. The van der Waals surface area contributed by atoms with Crippen molar-refractivity contribution >= 4 is 40.0 Å². The zero-order valence-electron chi connectivity index (χ0n) is 19.7.